The first-order valence-electron chi connectivity index (χ1n) is 9.39. The third kappa shape index (κ3) is 5.31. The number of nitrogens with two attached hydrogens (primary N) is 1. The summed E-state index contributed by atoms with van der Waals surface area (Å²) in [7, 11) is 0. The van der Waals surface area contributed by atoms with Crippen molar-refractivity contribution >= 4 is 23.3 Å². The molecule has 0 aliphatic heterocycles. The number of alkyl halides is 2. The summed E-state index contributed by atoms with van der Waals surface area (Å²) in [6, 6.07) is 15.9. The molecular weight excluding hydrogens is 421 g/mol. The summed E-state index contributed by atoms with van der Waals surface area (Å²) in [6.07, 6.45) is -0.0507. The maximum Gasteiger partial charge on any atom is 0.314 e. The Balaban J connectivity index is 1.87. The van der Waals surface area contributed by atoms with Crippen LogP contribution in [0.5, 0.6) is 0 Å². The van der Waals surface area contributed by atoms with E-state index >= 15 is 0 Å². The minimum Gasteiger partial charge on any atom is -0.437 e. The second kappa shape index (κ2) is 10.3. The molecule has 0 fully saturated rings. The number of aromatic nitrogens is 1. The van der Waals surface area contributed by atoms with Crippen LogP contribution in [0.1, 0.15) is 21.5 Å². The second-order valence-corrected chi connectivity index (χ2v) is 6.56. The van der Waals surface area contributed by atoms with Crippen LogP contribution >= 0.6 is 0 Å². The number of anilines is 1. The van der Waals surface area contributed by atoms with Gasteiger partial charge in [-0.2, -0.15) is 8.78 Å². The molecule has 32 heavy (non-hydrogen) atoms. The Hall–Kier alpha value is -4.14. The molecule has 164 valence electrons. The number of carbonyl (C=O) groups excluding carboxylic acids is 1. The van der Waals surface area contributed by atoms with Gasteiger partial charge >= 0.3 is 6.43 Å². The summed E-state index contributed by atoms with van der Waals surface area (Å²) in [6.45, 7) is 3.44. The highest BCUT2D eigenvalue weighted by molar-refractivity contribution is 6.05. The summed E-state index contributed by atoms with van der Waals surface area (Å²) >= 11 is 0. The van der Waals surface area contributed by atoms with Crippen molar-refractivity contribution in [2.45, 2.75) is 13.0 Å². The molecule has 6 nitrogen and oxygen atoms in total. The first-order chi connectivity index (χ1) is 15.4. The molecule has 0 saturated heterocycles. The lowest BCUT2D eigenvalue weighted by Gasteiger charge is -2.23. The normalized spacial score (nSPS) is 11.3. The van der Waals surface area contributed by atoms with Gasteiger partial charge in [-0.3, -0.25) is 9.78 Å². The van der Waals surface area contributed by atoms with E-state index in [9.17, 15) is 18.0 Å². The van der Waals surface area contributed by atoms with Crippen molar-refractivity contribution in [2.24, 2.45) is 10.9 Å². The van der Waals surface area contributed by atoms with Crippen molar-refractivity contribution in [3.63, 3.8) is 0 Å². The number of pyridine rings is 1. The molecule has 1 aromatic heterocycles. The summed E-state index contributed by atoms with van der Waals surface area (Å²) in [5.74, 6) is 2.59. The number of hydrogen-bond acceptors (Lipinski definition) is 5. The number of hydrazone groups is 1. The Morgan fingerprint density at radius 3 is 2.38 bits per heavy atom. The first kappa shape index (κ1) is 22.5. The Morgan fingerprint density at radius 2 is 1.78 bits per heavy atom. The van der Waals surface area contributed by atoms with Gasteiger partial charge in [0.15, 0.2) is 0 Å². The maximum atomic E-state index is 14.9. The smallest absolute Gasteiger partial charge is 0.314 e. The monoisotopic (exact) mass is 440 g/mol. The van der Waals surface area contributed by atoms with Crippen molar-refractivity contribution in [1.29, 1.82) is 0 Å². The molecule has 1 amide bonds. The number of amides is 1. The molecule has 0 bridgehead atoms. The molecule has 0 unspecified atom stereocenters. The van der Waals surface area contributed by atoms with Gasteiger partial charge in [0.05, 0.1) is 6.54 Å². The maximum absolute atomic E-state index is 14.9. The van der Waals surface area contributed by atoms with Crippen molar-refractivity contribution in [3.05, 3.63) is 102 Å². The van der Waals surface area contributed by atoms with Gasteiger partial charge in [0.2, 0.25) is 0 Å². The SMILES string of the molecule is C=C(O/C(=N\N)C(F)F)c1ccc(CN(C(=O)c2ccncc2)c2ccccc2)c(F)c1. The lowest BCUT2D eigenvalue weighted by Crippen LogP contribution is -2.30. The van der Waals surface area contributed by atoms with Gasteiger partial charge in [-0.15, -0.1) is 5.10 Å². The summed E-state index contributed by atoms with van der Waals surface area (Å²) in [5, 5.41) is 2.86. The van der Waals surface area contributed by atoms with E-state index in [0.29, 0.717) is 11.3 Å². The molecule has 2 N–H and O–H groups in total. The van der Waals surface area contributed by atoms with Crippen LogP contribution in [-0.2, 0) is 11.3 Å². The van der Waals surface area contributed by atoms with E-state index < -0.39 is 18.1 Å². The fourth-order valence-corrected chi connectivity index (χ4v) is 2.87. The van der Waals surface area contributed by atoms with Crippen LogP contribution in [0.25, 0.3) is 5.76 Å². The average Bonchev–Trinajstić information content (AvgIpc) is 2.82. The highest BCUT2D eigenvalue weighted by Crippen LogP contribution is 2.24. The zero-order valence-corrected chi connectivity index (χ0v) is 16.8. The Kier molecular flexibility index (Phi) is 7.22. The van der Waals surface area contributed by atoms with Crippen LogP contribution in [0.3, 0.4) is 0 Å². The van der Waals surface area contributed by atoms with E-state index in [4.69, 9.17) is 10.6 Å². The quantitative estimate of drug-likeness (QED) is 0.192. The zero-order valence-electron chi connectivity index (χ0n) is 16.8. The molecular formula is C23H19F3N4O2. The molecule has 1 heterocycles. The van der Waals surface area contributed by atoms with Crippen LogP contribution in [0.4, 0.5) is 18.9 Å². The van der Waals surface area contributed by atoms with E-state index in [1.807, 2.05) is 0 Å². The van der Waals surface area contributed by atoms with E-state index in [1.54, 1.807) is 42.5 Å². The fraction of sp³-hybridized carbons (Fsp3) is 0.0870. The molecule has 9 heteroatoms. The number of nitrogens with zero attached hydrogens (tertiary/aromatic N) is 3. The predicted molar refractivity (Wildman–Crippen MR) is 115 cm³/mol. The third-order valence-corrected chi connectivity index (χ3v) is 4.49. The molecule has 0 aliphatic rings. The average molecular weight is 440 g/mol. The molecule has 0 spiro atoms. The van der Waals surface area contributed by atoms with E-state index in [1.165, 1.54) is 29.4 Å². The number of para-hydroxylation sites is 1. The number of rotatable bonds is 7. The minimum atomic E-state index is -3.04. The highest BCUT2D eigenvalue weighted by atomic mass is 19.3. The van der Waals surface area contributed by atoms with Crippen LogP contribution < -0.4 is 10.7 Å². The van der Waals surface area contributed by atoms with Crippen molar-refractivity contribution in [1.82, 2.24) is 4.98 Å². The fourth-order valence-electron chi connectivity index (χ4n) is 2.87. The van der Waals surface area contributed by atoms with Crippen molar-refractivity contribution in [2.75, 3.05) is 4.90 Å². The third-order valence-electron chi connectivity index (χ3n) is 4.49. The molecule has 3 rings (SSSR count). The molecule has 0 atom stereocenters. The van der Waals surface area contributed by atoms with E-state index in [0.717, 1.165) is 6.07 Å². The van der Waals surface area contributed by atoms with Gasteiger partial charge in [-0.05, 0) is 30.3 Å². The minimum absolute atomic E-state index is 0.0723. The summed E-state index contributed by atoms with van der Waals surface area (Å²) in [4.78, 5) is 18.4. The molecule has 0 radical (unpaired) electrons. The topological polar surface area (TPSA) is 80.8 Å². The zero-order chi connectivity index (χ0) is 23.1. The molecule has 0 aliphatic carbocycles. The number of benzene rings is 2. The van der Waals surface area contributed by atoms with Crippen LogP contribution in [-0.4, -0.2) is 23.2 Å². The number of halogens is 3. The van der Waals surface area contributed by atoms with Gasteiger partial charge in [0.1, 0.15) is 11.6 Å². The van der Waals surface area contributed by atoms with Crippen LogP contribution in [0, 0.1) is 5.82 Å². The second-order valence-electron chi connectivity index (χ2n) is 6.56. The number of hydrogen-bond donors (Lipinski definition) is 1. The standard InChI is InChI=1S/C23H19F3N4O2/c1-15(32-22(29-27)21(25)26)17-7-8-18(20(24)13-17)14-30(19-5-3-2-4-6-19)23(31)16-9-11-28-12-10-16/h2-13,21H,1,14,27H2/b29-22-. The van der Waals surface area contributed by atoms with Crippen LogP contribution in [0.2, 0.25) is 0 Å². The number of ether oxygens (including phenoxy) is 1. The summed E-state index contributed by atoms with van der Waals surface area (Å²) in [5.41, 5.74) is 1.30. The van der Waals surface area contributed by atoms with Gasteiger partial charge in [0, 0.05) is 34.8 Å². The molecule has 0 saturated carbocycles. The van der Waals surface area contributed by atoms with Gasteiger partial charge in [-0.1, -0.05) is 36.9 Å². The van der Waals surface area contributed by atoms with E-state index in [2.05, 4.69) is 16.7 Å². The van der Waals surface area contributed by atoms with Crippen molar-refractivity contribution in [3.8, 4) is 0 Å². The molecule has 2 aromatic carbocycles. The van der Waals surface area contributed by atoms with Gasteiger partial charge < -0.3 is 15.5 Å². The van der Waals surface area contributed by atoms with Gasteiger partial charge in [-0.25, -0.2) is 4.39 Å². The Labute approximate surface area is 182 Å². The summed E-state index contributed by atoms with van der Waals surface area (Å²) < 4.78 is 45.2. The van der Waals surface area contributed by atoms with Crippen molar-refractivity contribution < 1.29 is 22.7 Å². The van der Waals surface area contributed by atoms with Crippen LogP contribution in [0.15, 0.2) is 84.7 Å². The first-order valence-corrected chi connectivity index (χ1v) is 9.39. The lowest BCUT2D eigenvalue weighted by molar-refractivity contribution is 0.0985. The molecule has 3 aromatic rings. The lowest BCUT2D eigenvalue weighted by atomic mass is 10.1. The van der Waals surface area contributed by atoms with Gasteiger partial charge in [0.25, 0.3) is 11.8 Å². The Bertz CT molecular complexity index is 1120. The number of carbonyl (C=O) groups is 1. The van der Waals surface area contributed by atoms with E-state index in [-0.39, 0.29) is 29.3 Å². The Morgan fingerprint density at radius 1 is 1.09 bits per heavy atom. The highest BCUT2D eigenvalue weighted by Gasteiger charge is 2.21. The predicted octanol–water partition coefficient (Wildman–Crippen LogP) is 4.59. The largest absolute Gasteiger partial charge is 0.437 e.